The second-order valence-electron chi connectivity index (χ2n) is 17.7. The summed E-state index contributed by atoms with van der Waals surface area (Å²) in [5, 5.41) is 3.34. The molecule has 2 aromatic heterocycles. The minimum Gasteiger partial charge on any atom is -0.381 e. The Morgan fingerprint density at radius 3 is 1.36 bits per heavy atom. The van der Waals surface area contributed by atoms with Crippen molar-refractivity contribution in [3.8, 4) is 0 Å². The van der Waals surface area contributed by atoms with Crippen LogP contribution in [0.5, 0.6) is 0 Å². The van der Waals surface area contributed by atoms with E-state index in [1.54, 1.807) is 66.7 Å². The van der Waals surface area contributed by atoms with Gasteiger partial charge in [-0.05, 0) is 61.4 Å². The molecule has 3 aliphatic heterocycles. The van der Waals surface area contributed by atoms with Crippen molar-refractivity contribution in [1.82, 2.24) is 30.2 Å². The van der Waals surface area contributed by atoms with Crippen LogP contribution in [0.3, 0.4) is 0 Å². The van der Waals surface area contributed by atoms with Crippen LogP contribution in [0.4, 0.5) is 11.4 Å². The molecule has 6 aromatic carbocycles. The van der Waals surface area contributed by atoms with Crippen LogP contribution in [0, 0.1) is 0 Å². The van der Waals surface area contributed by atoms with Crippen LogP contribution in [0.15, 0.2) is 133 Å². The lowest BCUT2D eigenvalue weighted by atomic mass is 9.83. The Morgan fingerprint density at radius 1 is 0.471 bits per heavy atom. The van der Waals surface area contributed by atoms with E-state index in [9.17, 15) is 19.2 Å². The van der Waals surface area contributed by atoms with Crippen molar-refractivity contribution < 1.29 is 23.9 Å². The van der Waals surface area contributed by atoms with Gasteiger partial charge in [0, 0.05) is 110 Å². The van der Waals surface area contributed by atoms with Gasteiger partial charge in [0.2, 0.25) is 0 Å². The van der Waals surface area contributed by atoms with E-state index in [1.807, 2.05) is 12.1 Å². The Kier molecular flexibility index (Phi) is 14.0. The molecule has 0 unspecified atom stereocenters. The van der Waals surface area contributed by atoms with E-state index in [1.165, 1.54) is 24.2 Å². The molecule has 0 bridgehead atoms. The molecule has 0 radical (unpaired) electrons. The molecule has 8 aromatic rings. The number of imidazole rings is 2. The number of alkyl halides is 1. The van der Waals surface area contributed by atoms with Crippen molar-refractivity contribution in [2.45, 2.75) is 25.3 Å². The van der Waals surface area contributed by atoms with Gasteiger partial charge >= 0.3 is 0 Å². The quantitative estimate of drug-likeness (QED) is 0.142. The Bertz CT molecular complexity index is 3180. The van der Waals surface area contributed by atoms with E-state index in [2.05, 4.69) is 89.6 Å². The number of piperazine rings is 2. The molecule has 2 aliphatic carbocycles. The van der Waals surface area contributed by atoms with Gasteiger partial charge in [-0.15, -0.1) is 11.6 Å². The molecule has 5 aliphatic rings. The number of ketones is 4. The number of halogens is 1. The molecule has 14 heteroatoms. The second kappa shape index (κ2) is 21.1. The molecule has 0 saturated carbocycles. The first kappa shape index (κ1) is 46.4. The summed E-state index contributed by atoms with van der Waals surface area (Å²) >= 11 is 5.78. The molecule has 3 N–H and O–H groups in total. The predicted octanol–water partition coefficient (Wildman–Crippen LogP) is 8.63. The standard InChI is InChI=1S/C26H22N4O2.C16H9ClN2O2.C10H14N2.C4H8O/c31-25-18-8-4-5-9-19(18)26(32)23-20(25)10-11-21-24(23)28-22(27-21)16-29-12-14-30(15-13-29)17-6-2-1-3-7-17;17-7-12-18-11-6-5-10-13(14(11)19-12)16(21)9-4-2-1-3-8(9)15(10)20;1-2-4-10(5-3-1)12-8-6-11-7-9-12;1-2-4-5-3-1/h1-11H,12-16H2,(H,27,28);1-6H,7H2,(H,18,19);1-5,11H,6-9H2;1-4H2. The zero-order chi connectivity index (χ0) is 48.0. The largest absolute Gasteiger partial charge is 0.381 e. The SMILES string of the molecule is C1CCOC1.O=C1c2ccccc2C(=O)c2c1ccc1[nH]c(CCl)nc21.O=C1c2ccccc2C(=O)c2c1ccc1[nH]c(CN3CCN(c4ccccc4)CC3)nc21.c1ccc(N2CCNCC2)cc1. The maximum absolute atomic E-state index is 13.2. The number of hydrogen-bond donors (Lipinski definition) is 3. The number of fused-ring (bicyclic) bond motifs is 8. The van der Waals surface area contributed by atoms with Crippen molar-refractivity contribution in [2.75, 3.05) is 75.4 Å². The van der Waals surface area contributed by atoms with Crippen LogP contribution < -0.4 is 15.1 Å². The number of hydrogen-bond acceptors (Lipinski definition) is 11. The number of nitrogens with zero attached hydrogens (tertiary/aromatic N) is 5. The molecular formula is C56H53ClN8O5. The van der Waals surface area contributed by atoms with Crippen LogP contribution >= 0.6 is 11.6 Å². The summed E-state index contributed by atoms with van der Waals surface area (Å²) < 4.78 is 4.94. The Balaban J connectivity index is 0.000000127. The van der Waals surface area contributed by atoms with Gasteiger partial charge in [0.25, 0.3) is 0 Å². The first-order chi connectivity index (χ1) is 34.4. The number of rotatable bonds is 5. The molecule has 13 rings (SSSR count). The average molecular weight is 954 g/mol. The molecule has 0 amide bonds. The number of aromatic nitrogens is 4. The van der Waals surface area contributed by atoms with Gasteiger partial charge < -0.3 is 29.8 Å². The average Bonchev–Trinajstić information content (AvgIpc) is 4.24. The van der Waals surface area contributed by atoms with E-state index in [0.717, 1.165) is 76.9 Å². The maximum atomic E-state index is 13.2. The highest BCUT2D eigenvalue weighted by Crippen LogP contribution is 2.33. The third-order valence-corrected chi connectivity index (χ3v) is 13.5. The smallest absolute Gasteiger partial charge is 0.196 e. The van der Waals surface area contributed by atoms with Crippen molar-refractivity contribution in [2.24, 2.45) is 0 Å². The van der Waals surface area contributed by atoms with E-state index < -0.39 is 0 Å². The van der Waals surface area contributed by atoms with Gasteiger partial charge in [0.15, 0.2) is 23.1 Å². The summed E-state index contributed by atoms with van der Waals surface area (Å²) in [6.07, 6.45) is 2.56. The molecule has 70 heavy (non-hydrogen) atoms. The Labute approximate surface area is 410 Å². The number of H-pyrrole nitrogens is 2. The van der Waals surface area contributed by atoms with E-state index in [4.69, 9.17) is 21.3 Å². The minimum absolute atomic E-state index is 0.112. The summed E-state index contributed by atoms with van der Waals surface area (Å²) in [5.41, 5.74) is 8.64. The second-order valence-corrected chi connectivity index (χ2v) is 17.9. The van der Waals surface area contributed by atoms with E-state index >= 15 is 0 Å². The number of ether oxygens (including phenoxy) is 1. The maximum Gasteiger partial charge on any atom is 0.196 e. The summed E-state index contributed by atoms with van der Waals surface area (Å²) in [7, 11) is 0. The zero-order valence-electron chi connectivity index (χ0n) is 38.8. The van der Waals surface area contributed by atoms with Gasteiger partial charge in [-0.1, -0.05) is 84.9 Å². The normalized spacial score (nSPS) is 16.2. The highest BCUT2D eigenvalue weighted by atomic mass is 35.5. The number of aromatic amines is 2. The van der Waals surface area contributed by atoms with E-state index in [0.29, 0.717) is 73.4 Å². The van der Waals surface area contributed by atoms with Gasteiger partial charge in [-0.25, -0.2) is 9.97 Å². The number of carbonyl (C=O) groups excluding carboxylic acids is 4. The van der Waals surface area contributed by atoms with Crippen LogP contribution in [-0.2, 0) is 17.2 Å². The summed E-state index contributed by atoms with van der Waals surface area (Å²) in [4.78, 5) is 74.2. The number of carbonyl (C=O) groups is 4. The fraction of sp³-hybridized carbons (Fsp3) is 0.250. The molecule has 3 fully saturated rings. The molecule has 3 saturated heterocycles. The third-order valence-electron chi connectivity index (χ3n) is 13.2. The zero-order valence-corrected chi connectivity index (χ0v) is 39.5. The van der Waals surface area contributed by atoms with Crippen LogP contribution in [0.1, 0.15) is 88.2 Å². The molecule has 0 spiro atoms. The van der Waals surface area contributed by atoms with E-state index in [-0.39, 0.29) is 29.0 Å². The fourth-order valence-electron chi connectivity index (χ4n) is 9.63. The Morgan fingerprint density at radius 2 is 0.900 bits per heavy atom. The summed E-state index contributed by atoms with van der Waals surface area (Å²) in [5.74, 6) is 1.08. The lowest BCUT2D eigenvalue weighted by molar-refractivity contribution is 0.0980. The lowest BCUT2D eigenvalue weighted by Gasteiger charge is -2.35. The first-order valence-corrected chi connectivity index (χ1v) is 24.5. The summed E-state index contributed by atoms with van der Waals surface area (Å²) in [6, 6.07) is 42.0. The molecule has 0 atom stereocenters. The summed E-state index contributed by atoms with van der Waals surface area (Å²) in [6.45, 7) is 11.0. The Hall–Kier alpha value is -7.29. The number of benzene rings is 6. The third kappa shape index (κ3) is 9.66. The topological polar surface area (TPSA) is 157 Å². The molecular weight excluding hydrogens is 900 g/mol. The van der Waals surface area contributed by atoms with Crippen molar-refractivity contribution in [3.05, 3.63) is 190 Å². The van der Waals surface area contributed by atoms with Gasteiger partial charge in [-0.2, -0.15) is 0 Å². The first-order valence-electron chi connectivity index (χ1n) is 23.9. The van der Waals surface area contributed by atoms with Crippen LogP contribution in [0.25, 0.3) is 22.1 Å². The number of anilines is 2. The van der Waals surface area contributed by atoms with Crippen LogP contribution in [0.2, 0.25) is 0 Å². The number of para-hydroxylation sites is 2. The highest BCUT2D eigenvalue weighted by Gasteiger charge is 2.33. The van der Waals surface area contributed by atoms with Crippen molar-refractivity contribution >= 4 is 68.2 Å². The number of nitrogens with one attached hydrogen (secondary N) is 3. The fourth-order valence-corrected chi connectivity index (χ4v) is 9.76. The minimum atomic E-state index is -0.168. The predicted molar refractivity (Wildman–Crippen MR) is 274 cm³/mol. The monoisotopic (exact) mass is 952 g/mol. The van der Waals surface area contributed by atoms with Crippen LogP contribution in [-0.4, -0.2) is 114 Å². The van der Waals surface area contributed by atoms with Gasteiger partial charge in [0.1, 0.15) is 22.7 Å². The highest BCUT2D eigenvalue weighted by molar-refractivity contribution is 6.32. The van der Waals surface area contributed by atoms with Crippen molar-refractivity contribution in [3.63, 3.8) is 0 Å². The molecule has 5 heterocycles. The van der Waals surface area contributed by atoms with Gasteiger partial charge in [0.05, 0.1) is 34.6 Å². The molecule has 354 valence electrons. The van der Waals surface area contributed by atoms with Gasteiger partial charge in [-0.3, -0.25) is 24.1 Å². The van der Waals surface area contributed by atoms with Crippen molar-refractivity contribution in [1.29, 1.82) is 0 Å². The molecule has 13 nitrogen and oxygen atoms in total. The lowest BCUT2D eigenvalue weighted by Crippen LogP contribution is -2.46.